The Labute approximate surface area is 137 Å². The van der Waals surface area contributed by atoms with Gasteiger partial charge in [0.25, 0.3) is 11.8 Å². The molecule has 1 aliphatic rings. The van der Waals surface area contributed by atoms with Crippen molar-refractivity contribution in [1.82, 2.24) is 30.4 Å². The van der Waals surface area contributed by atoms with Crippen molar-refractivity contribution in [2.75, 3.05) is 0 Å². The largest absolute Gasteiger partial charge is 0.348 e. The van der Waals surface area contributed by atoms with E-state index in [0.29, 0.717) is 23.5 Å². The van der Waals surface area contributed by atoms with Gasteiger partial charge < -0.3 is 10.6 Å². The van der Waals surface area contributed by atoms with Crippen molar-refractivity contribution >= 4 is 23.2 Å². The third-order valence-corrected chi connectivity index (χ3v) is 4.75. The fourth-order valence-corrected chi connectivity index (χ4v) is 3.07. The Morgan fingerprint density at radius 1 is 1.22 bits per heavy atom. The predicted molar refractivity (Wildman–Crippen MR) is 84.3 cm³/mol. The van der Waals surface area contributed by atoms with Crippen LogP contribution < -0.4 is 10.6 Å². The van der Waals surface area contributed by atoms with Crippen molar-refractivity contribution in [3.8, 4) is 0 Å². The Kier molecular flexibility index (Phi) is 4.12. The van der Waals surface area contributed by atoms with E-state index in [1.165, 1.54) is 11.3 Å². The van der Waals surface area contributed by atoms with Crippen molar-refractivity contribution < 1.29 is 9.59 Å². The van der Waals surface area contributed by atoms with E-state index in [4.69, 9.17) is 0 Å². The summed E-state index contributed by atoms with van der Waals surface area (Å²) in [6.07, 6.45) is 3.00. The Balaban J connectivity index is 1.46. The molecule has 0 radical (unpaired) electrons. The summed E-state index contributed by atoms with van der Waals surface area (Å²) in [5.74, 6) is 0.486. The van der Waals surface area contributed by atoms with E-state index >= 15 is 0 Å². The summed E-state index contributed by atoms with van der Waals surface area (Å²) in [6, 6.07) is 0.119. The smallest absolute Gasteiger partial charge is 0.291 e. The van der Waals surface area contributed by atoms with Crippen LogP contribution in [0, 0.1) is 13.8 Å². The van der Waals surface area contributed by atoms with E-state index in [1.54, 1.807) is 24.9 Å². The highest BCUT2D eigenvalue weighted by Gasteiger charge is 2.32. The molecule has 0 spiro atoms. The summed E-state index contributed by atoms with van der Waals surface area (Å²) in [5, 5.41) is 10.7. The number of rotatable bonds is 4. The molecular formula is C14H18N6O2S. The first kappa shape index (κ1) is 15.6. The Morgan fingerprint density at radius 3 is 2.39 bits per heavy atom. The highest BCUT2D eigenvalue weighted by Crippen LogP contribution is 2.21. The normalized spacial score (nSPS) is 20.0. The number of hydrogen-bond donors (Lipinski definition) is 2. The van der Waals surface area contributed by atoms with Crippen molar-refractivity contribution in [1.29, 1.82) is 0 Å². The van der Waals surface area contributed by atoms with Crippen molar-refractivity contribution in [2.45, 2.75) is 38.8 Å². The van der Waals surface area contributed by atoms with Crippen LogP contribution in [0.5, 0.6) is 0 Å². The zero-order valence-corrected chi connectivity index (χ0v) is 14.0. The zero-order valence-electron chi connectivity index (χ0n) is 13.2. The number of aromatic nitrogens is 4. The quantitative estimate of drug-likeness (QED) is 0.851. The fraction of sp³-hybridized carbons (Fsp3) is 0.500. The summed E-state index contributed by atoms with van der Waals surface area (Å²) in [7, 11) is 1.75. The molecule has 2 amide bonds. The van der Waals surface area contributed by atoms with Gasteiger partial charge in [0.1, 0.15) is 10.7 Å². The summed E-state index contributed by atoms with van der Waals surface area (Å²) >= 11 is 1.37. The van der Waals surface area contributed by atoms with Gasteiger partial charge in [-0.15, -0.1) is 16.4 Å². The minimum Gasteiger partial charge on any atom is -0.348 e. The minimum absolute atomic E-state index is 0.0418. The van der Waals surface area contributed by atoms with Crippen LogP contribution in [0.3, 0.4) is 0 Å². The van der Waals surface area contributed by atoms with E-state index in [1.807, 2.05) is 6.92 Å². The van der Waals surface area contributed by atoms with Gasteiger partial charge in [0.05, 0.1) is 11.2 Å². The van der Waals surface area contributed by atoms with E-state index in [-0.39, 0.29) is 29.7 Å². The molecule has 23 heavy (non-hydrogen) atoms. The Bertz CT molecular complexity index is 727. The van der Waals surface area contributed by atoms with Crippen LogP contribution in [0.4, 0.5) is 0 Å². The molecule has 0 aliphatic heterocycles. The maximum Gasteiger partial charge on any atom is 0.291 e. The average Bonchev–Trinajstić information content (AvgIpc) is 3.03. The molecule has 0 saturated heterocycles. The van der Waals surface area contributed by atoms with E-state index in [0.717, 1.165) is 5.01 Å². The number of thiazole rings is 1. The maximum atomic E-state index is 12.0. The molecule has 2 aromatic heterocycles. The third kappa shape index (κ3) is 3.39. The number of carbonyl (C=O) groups excluding carboxylic acids is 2. The number of aryl methyl sites for hydroxylation is 3. The van der Waals surface area contributed by atoms with Gasteiger partial charge in [0, 0.05) is 19.1 Å². The molecular weight excluding hydrogens is 316 g/mol. The van der Waals surface area contributed by atoms with Crippen LogP contribution in [0.1, 0.15) is 44.0 Å². The molecule has 0 atom stereocenters. The van der Waals surface area contributed by atoms with Crippen LogP contribution in [-0.4, -0.2) is 43.6 Å². The lowest BCUT2D eigenvalue weighted by atomic mass is 9.86. The number of hydrogen-bond acceptors (Lipinski definition) is 6. The number of nitrogens with one attached hydrogen (secondary N) is 2. The molecule has 1 fully saturated rings. The minimum atomic E-state index is -0.276. The first-order chi connectivity index (χ1) is 10.9. The van der Waals surface area contributed by atoms with Crippen LogP contribution in [0.15, 0.2) is 6.20 Å². The molecule has 2 heterocycles. The monoisotopic (exact) mass is 334 g/mol. The van der Waals surface area contributed by atoms with Crippen LogP contribution in [-0.2, 0) is 7.05 Å². The van der Waals surface area contributed by atoms with Gasteiger partial charge in [-0.25, -0.2) is 9.97 Å². The van der Waals surface area contributed by atoms with Gasteiger partial charge in [-0.05, 0) is 26.7 Å². The predicted octanol–water partition coefficient (Wildman–Crippen LogP) is 0.579. The molecule has 3 rings (SSSR count). The molecule has 8 nitrogen and oxygen atoms in total. The highest BCUT2D eigenvalue weighted by atomic mass is 32.1. The SMILES string of the molecule is Cc1ncc(C(=O)NC2CC(NC(=O)c3nc(C)n(C)n3)C2)s1. The molecule has 0 aromatic carbocycles. The number of nitrogens with zero attached hydrogens (tertiary/aromatic N) is 4. The summed E-state index contributed by atoms with van der Waals surface area (Å²) in [6.45, 7) is 3.66. The molecule has 9 heteroatoms. The van der Waals surface area contributed by atoms with Gasteiger partial charge in [-0.2, -0.15) is 0 Å². The zero-order chi connectivity index (χ0) is 16.6. The van der Waals surface area contributed by atoms with Gasteiger partial charge in [-0.3, -0.25) is 14.3 Å². The average molecular weight is 334 g/mol. The molecule has 1 saturated carbocycles. The van der Waals surface area contributed by atoms with Crippen LogP contribution in [0.25, 0.3) is 0 Å². The molecule has 2 N–H and O–H groups in total. The molecule has 122 valence electrons. The van der Waals surface area contributed by atoms with Crippen molar-refractivity contribution in [2.24, 2.45) is 7.05 Å². The molecule has 0 unspecified atom stereocenters. The van der Waals surface area contributed by atoms with Gasteiger partial charge in [-0.1, -0.05) is 0 Å². The van der Waals surface area contributed by atoms with Crippen molar-refractivity contribution in [3.05, 3.63) is 27.7 Å². The second-order valence-electron chi connectivity index (χ2n) is 5.66. The van der Waals surface area contributed by atoms with E-state index < -0.39 is 0 Å². The second kappa shape index (κ2) is 6.07. The Hall–Kier alpha value is -2.29. The summed E-state index contributed by atoms with van der Waals surface area (Å²) < 4.78 is 1.57. The summed E-state index contributed by atoms with van der Waals surface area (Å²) in [4.78, 5) is 32.8. The number of amides is 2. The molecule has 0 bridgehead atoms. The van der Waals surface area contributed by atoms with E-state index in [9.17, 15) is 9.59 Å². The first-order valence-corrected chi connectivity index (χ1v) is 8.16. The standard InChI is InChI=1S/C14H18N6O2S/c1-7-16-12(19-20(7)3)14(22)18-10-4-9(5-10)17-13(21)11-6-15-8(2)23-11/h6,9-10H,4-5H2,1-3H3,(H,17,21)(H,18,22). The fourth-order valence-electron chi connectivity index (χ4n) is 2.38. The topological polar surface area (TPSA) is 102 Å². The highest BCUT2D eigenvalue weighted by molar-refractivity contribution is 7.13. The van der Waals surface area contributed by atoms with Crippen molar-refractivity contribution in [3.63, 3.8) is 0 Å². The first-order valence-electron chi connectivity index (χ1n) is 7.34. The van der Waals surface area contributed by atoms with Gasteiger partial charge >= 0.3 is 0 Å². The van der Waals surface area contributed by atoms with Gasteiger partial charge in [0.15, 0.2) is 0 Å². The van der Waals surface area contributed by atoms with E-state index in [2.05, 4.69) is 25.7 Å². The van der Waals surface area contributed by atoms with Crippen LogP contribution in [0.2, 0.25) is 0 Å². The van der Waals surface area contributed by atoms with Gasteiger partial charge in [0.2, 0.25) is 5.82 Å². The third-order valence-electron chi connectivity index (χ3n) is 3.84. The molecule has 1 aliphatic carbocycles. The lowest BCUT2D eigenvalue weighted by Crippen LogP contribution is -2.53. The lowest BCUT2D eigenvalue weighted by molar-refractivity contribution is 0.0858. The van der Waals surface area contributed by atoms with Crippen LogP contribution >= 0.6 is 11.3 Å². The summed E-state index contributed by atoms with van der Waals surface area (Å²) in [5.41, 5.74) is 0. The Morgan fingerprint density at radius 2 is 1.87 bits per heavy atom. The second-order valence-corrected chi connectivity index (χ2v) is 6.90. The number of carbonyl (C=O) groups is 2. The molecule has 2 aromatic rings. The maximum absolute atomic E-state index is 12.0. The lowest BCUT2D eigenvalue weighted by Gasteiger charge is -2.35.